The van der Waals surface area contributed by atoms with Crippen molar-refractivity contribution in [3.63, 3.8) is 0 Å². The Labute approximate surface area is 113 Å². The second-order valence-electron chi connectivity index (χ2n) is 5.85. The maximum atomic E-state index is 5.82. The first-order valence-corrected chi connectivity index (χ1v) is 6.98. The van der Waals surface area contributed by atoms with Crippen molar-refractivity contribution in [2.24, 2.45) is 11.8 Å². The third-order valence-electron chi connectivity index (χ3n) is 3.88. The van der Waals surface area contributed by atoms with Gasteiger partial charge in [0.05, 0.1) is 0 Å². The van der Waals surface area contributed by atoms with Gasteiger partial charge in [-0.3, -0.25) is 0 Å². The molecule has 2 atom stereocenters. The molecule has 3 heterocycles. The molecule has 0 aromatic carbocycles. The zero-order valence-corrected chi connectivity index (χ0v) is 11.6. The largest absolute Gasteiger partial charge is 0.368 e. The van der Waals surface area contributed by atoms with Gasteiger partial charge in [-0.2, -0.15) is 9.97 Å². The molecule has 0 spiro atoms. The van der Waals surface area contributed by atoms with Crippen molar-refractivity contribution < 1.29 is 0 Å². The molecule has 2 unspecified atom stereocenters. The molecule has 0 radical (unpaired) electrons. The summed E-state index contributed by atoms with van der Waals surface area (Å²) in [4.78, 5) is 10.9. The summed E-state index contributed by atoms with van der Waals surface area (Å²) in [5.41, 5.74) is 5.82. The van der Waals surface area contributed by atoms with Crippen LogP contribution in [0.2, 0.25) is 0 Å². The topological polar surface area (TPSA) is 79.1 Å². The average molecular weight is 262 g/mol. The van der Waals surface area contributed by atoms with Crippen molar-refractivity contribution in [1.82, 2.24) is 15.3 Å². The first-order chi connectivity index (χ1) is 9.11. The molecule has 0 saturated carbocycles. The zero-order valence-electron chi connectivity index (χ0n) is 11.6. The molecule has 0 aliphatic carbocycles. The van der Waals surface area contributed by atoms with E-state index in [0.29, 0.717) is 12.0 Å². The van der Waals surface area contributed by atoms with Crippen molar-refractivity contribution in [3.05, 3.63) is 6.07 Å². The minimum Gasteiger partial charge on any atom is -0.368 e. The van der Waals surface area contributed by atoms with E-state index >= 15 is 0 Å². The number of aromatic nitrogens is 2. The first-order valence-electron chi connectivity index (χ1n) is 6.98. The van der Waals surface area contributed by atoms with Gasteiger partial charge in [0.25, 0.3) is 0 Å². The number of anilines is 3. The molecule has 1 aromatic rings. The Morgan fingerprint density at radius 3 is 2.63 bits per heavy atom. The monoisotopic (exact) mass is 262 g/mol. The van der Waals surface area contributed by atoms with E-state index in [1.807, 2.05) is 6.07 Å². The van der Waals surface area contributed by atoms with E-state index in [0.717, 1.165) is 49.7 Å². The summed E-state index contributed by atoms with van der Waals surface area (Å²) in [6.45, 7) is 8.55. The van der Waals surface area contributed by atoms with Crippen LogP contribution in [0.1, 0.15) is 13.8 Å². The molecule has 2 saturated heterocycles. The Morgan fingerprint density at radius 1 is 1.32 bits per heavy atom. The van der Waals surface area contributed by atoms with Crippen LogP contribution in [0.3, 0.4) is 0 Å². The lowest BCUT2D eigenvalue weighted by Crippen LogP contribution is -2.26. The number of hydrogen-bond donors (Lipinski definition) is 3. The Balaban J connectivity index is 1.79. The van der Waals surface area contributed by atoms with Crippen LogP contribution in [-0.4, -0.2) is 42.2 Å². The summed E-state index contributed by atoms with van der Waals surface area (Å²) in [6, 6.07) is 2.34. The SMILES string of the molecule is CC(C)Nc1cc(N2CC3CNCC3C2)nc(N)n1. The molecule has 2 aliphatic heterocycles. The van der Waals surface area contributed by atoms with E-state index in [-0.39, 0.29) is 0 Å². The molecular formula is C13H22N6. The van der Waals surface area contributed by atoms with Crippen molar-refractivity contribution >= 4 is 17.6 Å². The van der Waals surface area contributed by atoms with Gasteiger partial charge < -0.3 is 21.3 Å². The Bertz CT molecular complexity index is 448. The van der Waals surface area contributed by atoms with E-state index in [4.69, 9.17) is 5.73 Å². The fraction of sp³-hybridized carbons (Fsp3) is 0.692. The van der Waals surface area contributed by atoms with Gasteiger partial charge in [-0.15, -0.1) is 0 Å². The predicted octanol–water partition coefficient (Wildman–Crippen LogP) is 0.535. The highest BCUT2D eigenvalue weighted by Gasteiger charge is 2.36. The molecule has 2 aliphatic rings. The van der Waals surface area contributed by atoms with E-state index < -0.39 is 0 Å². The van der Waals surface area contributed by atoms with E-state index in [1.54, 1.807) is 0 Å². The average Bonchev–Trinajstić information content (AvgIpc) is 2.86. The maximum Gasteiger partial charge on any atom is 0.223 e. The minimum atomic E-state index is 0.337. The number of fused-ring (bicyclic) bond motifs is 1. The van der Waals surface area contributed by atoms with Crippen molar-refractivity contribution in [2.75, 3.05) is 42.1 Å². The van der Waals surface area contributed by atoms with E-state index in [2.05, 4.69) is 39.3 Å². The molecular weight excluding hydrogens is 240 g/mol. The Hall–Kier alpha value is -1.56. The summed E-state index contributed by atoms with van der Waals surface area (Å²) in [5.74, 6) is 3.60. The van der Waals surface area contributed by atoms with Gasteiger partial charge in [0, 0.05) is 38.3 Å². The van der Waals surface area contributed by atoms with Gasteiger partial charge in [-0.25, -0.2) is 0 Å². The molecule has 104 valence electrons. The van der Waals surface area contributed by atoms with Gasteiger partial charge in [-0.05, 0) is 25.7 Å². The standard InChI is InChI=1S/C13H22N6/c1-8(2)16-11-3-12(18-13(14)17-11)19-6-9-4-15-5-10(9)7-19/h3,8-10,15H,4-7H2,1-2H3,(H3,14,16,17,18). The highest BCUT2D eigenvalue weighted by atomic mass is 15.3. The summed E-state index contributed by atoms with van der Waals surface area (Å²) in [6.07, 6.45) is 0. The number of nitrogens with two attached hydrogens (primary N) is 1. The van der Waals surface area contributed by atoms with Gasteiger partial charge in [-0.1, -0.05) is 0 Å². The molecule has 2 fully saturated rings. The summed E-state index contributed by atoms with van der Waals surface area (Å²) >= 11 is 0. The van der Waals surface area contributed by atoms with Crippen LogP contribution in [-0.2, 0) is 0 Å². The lowest BCUT2D eigenvalue weighted by Gasteiger charge is -2.20. The third-order valence-corrected chi connectivity index (χ3v) is 3.88. The molecule has 4 N–H and O–H groups in total. The first kappa shape index (κ1) is 12.5. The molecule has 1 aromatic heterocycles. The molecule has 0 bridgehead atoms. The minimum absolute atomic E-state index is 0.337. The summed E-state index contributed by atoms with van der Waals surface area (Å²) < 4.78 is 0. The predicted molar refractivity (Wildman–Crippen MR) is 77.3 cm³/mol. The summed E-state index contributed by atoms with van der Waals surface area (Å²) in [7, 11) is 0. The maximum absolute atomic E-state index is 5.82. The lowest BCUT2D eigenvalue weighted by atomic mass is 10.0. The molecule has 6 heteroatoms. The number of nitrogens with zero attached hydrogens (tertiary/aromatic N) is 3. The van der Waals surface area contributed by atoms with Crippen molar-refractivity contribution in [3.8, 4) is 0 Å². The van der Waals surface area contributed by atoms with Crippen LogP contribution in [0.4, 0.5) is 17.6 Å². The molecule has 3 rings (SSSR count). The van der Waals surface area contributed by atoms with Gasteiger partial charge in [0.15, 0.2) is 0 Å². The molecule has 6 nitrogen and oxygen atoms in total. The van der Waals surface area contributed by atoms with Crippen LogP contribution < -0.4 is 21.3 Å². The van der Waals surface area contributed by atoms with Crippen LogP contribution in [0, 0.1) is 11.8 Å². The van der Waals surface area contributed by atoms with Crippen LogP contribution in [0.5, 0.6) is 0 Å². The molecule has 0 amide bonds. The van der Waals surface area contributed by atoms with Crippen LogP contribution in [0.15, 0.2) is 6.07 Å². The Morgan fingerprint density at radius 2 is 2.00 bits per heavy atom. The highest BCUT2D eigenvalue weighted by Crippen LogP contribution is 2.30. The van der Waals surface area contributed by atoms with E-state index in [9.17, 15) is 0 Å². The lowest BCUT2D eigenvalue weighted by molar-refractivity contribution is 0.533. The van der Waals surface area contributed by atoms with Crippen molar-refractivity contribution in [1.29, 1.82) is 0 Å². The van der Waals surface area contributed by atoms with Crippen LogP contribution in [0.25, 0.3) is 0 Å². The number of rotatable bonds is 3. The van der Waals surface area contributed by atoms with Crippen molar-refractivity contribution in [2.45, 2.75) is 19.9 Å². The van der Waals surface area contributed by atoms with Gasteiger partial charge in [0.1, 0.15) is 11.6 Å². The fourth-order valence-corrected chi connectivity index (χ4v) is 3.03. The molecule has 19 heavy (non-hydrogen) atoms. The number of nitrogens with one attached hydrogen (secondary N) is 2. The second-order valence-corrected chi connectivity index (χ2v) is 5.85. The summed E-state index contributed by atoms with van der Waals surface area (Å²) in [5, 5.41) is 6.74. The quantitative estimate of drug-likeness (QED) is 0.737. The third kappa shape index (κ3) is 2.58. The Kier molecular flexibility index (Phi) is 3.18. The van der Waals surface area contributed by atoms with Gasteiger partial charge in [0.2, 0.25) is 5.95 Å². The van der Waals surface area contributed by atoms with Crippen LogP contribution >= 0.6 is 0 Å². The number of hydrogen-bond acceptors (Lipinski definition) is 6. The zero-order chi connectivity index (χ0) is 13.4. The van der Waals surface area contributed by atoms with E-state index in [1.165, 1.54) is 0 Å². The number of nitrogen functional groups attached to an aromatic ring is 1. The van der Waals surface area contributed by atoms with Gasteiger partial charge >= 0.3 is 0 Å². The smallest absolute Gasteiger partial charge is 0.223 e. The highest BCUT2D eigenvalue weighted by molar-refractivity contribution is 5.53. The fourth-order valence-electron chi connectivity index (χ4n) is 3.03. The second kappa shape index (κ2) is 4.85. The normalized spacial score (nSPS) is 25.9.